The van der Waals surface area contributed by atoms with Gasteiger partial charge in [-0.3, -0.25) is 0 Å². The van der Waals surface area contributed by atoms with Crippen molar-refractivity contribution in [2.75, 3.05) is 25.7 Å². The molecule has 0 fully saturated rings. The molecule has 0 saturated heterocycles. The van der Waals surface area contributed by atoms with Crippen LogP contribution in [0.25, 0.3) is 0 Å². The highest BCUT2D eigenvalue weighted by atomic mass is 32.2. The lowest BCUT2D eigenvalue weighted by atomic mass is 10.4. The Kier molecular flexibility index (Phi) is 7.54. The molecule has 16 heavy (non-hydrogen) atoms. The standard InChI is InChI=1S/C11H18O4S/c1-5-14-10(12)8-7-9(16(3)4)11(13)15-6-2/h7-8H,5-6H2,1-4H3/b8-7+. The highest BCUT2D eigenvalue weighted by molar-refractivity contribution is 8.16. The van der Waals surface area contributed by atoms with Gasteiger partial charge >= 0.3 is 11.9 Å². The molecule has 0 aromatic carbocycles. The van der Waals surface area contributed by atoms with Gasteiger partial charge in [0.1, 0.15) is 0 Å². The van der Waals surface area contributed by atoms with Crippen molar-refractivity contribution < 1.29 is 19.1 Å². The van der Waals surface area contributed by atoms with Crippen LogP contribution in [0.15, 0.2) is 12.2 Å². The highest BCUT2D eigenvalue weighted by Crippen LogP contribution is 2.06. The van der Waals surface area contributed by atoms with Gasteiger partial charge in [0.15, 0.2) is 0 Å². The molecule has 0 aliphatic rings. The predicted molar refractivity (Wildman–Crippen MR) is 66.9 cm³/mol. The number of rotatable bonds is 5. The van der Waals surface area contributed by atoms with E-state index >= 15 is 0 Å². The first-order chi connectivity index (χ1) is 7.52. The smallest absolute Gasteiger partial charge is 0.343 e. The Morgan fingerprint density at radius 2 is 1.62 bits per heavy atom. The molecule has 0 unspecified atom stereocenters. The van der Waals surface area contributed by atoms with E-state index in [4.69, 9.17) is 9.47 Å². The molecule has 0 spiro atoms. The van der Waals surface area contributed by atoms with Crippen molar-refractivity contribution in [3.8, 4) is 0 Å². The van der Waals surface area contributed by atoms with Crippen molar-refractivity contribution in [3.63, 3.8) is 0 Å². The Labute approximate surface area is 98.5 Å². The first kappa shape index (κ1) is 14.9. The summed E-state index contributed by atoms with van der Waals surface area (Å²) in [6.45, 7) is 4.12. The number of carbonyl (C=O) groups is 2. The minimum Gasteiger partial charge on any atom is -0.463 e. The molecule has 0 N–H and O–H groups in total. The van der Waals surface area contributed by atoms with Gasteiger partial charge in [-0.25, -0.2) is 9.59 Å². The van der Waals surface area contributed by atoms with Crippen molar-refractivity contribution >= 4 is 27.3 Å². The third-order valence-corrected chi connectivity index (χ3v) is 2.76. The van der Waals surface area contributed by atoms with E-state index in [1.807, 2.05) is 12.5 Å². The summed E-state index contributed by atoms with van der Waals surface area (Å²) in [4.78, 5) is 23.1. The van der Waals surface area contributed by atoms with Gasteiger partial charge in [-0.2, -0.15) is 10.5 Å². The SMILES string of the molecule is CCOC(=O)/C=C/C(C(=O)OCC)=S(C)C. The van der Waals surface area contributed by atoms with Gasteiger partial charge in [-0.15, -0.1) is 0 Å². The molecule has 0 radical (unpaired) electrons. The first-order valence-corrected chi connectivity index (χ1v) is 7.03. The quantitative estimate of drug-likeness (QED) is 0.417. The van der Waals surface area contributed by atoms with E-state index < -0.39 is 5.97 Å². The van der Waals surface area contributed by atoms with Gasteiger partial charge in [0.05, 0.1) is 18.1 Å². The maximum Gasteiger partial charge on any atom is 0.343 e. The number of esters is 2. The van der Waals surface area contributed by atoms with E-state index in [1.165, 1.54) is 12.2 Å². The Balaban J connectivity index is 4.66. The molecule has 0 amide bonds. The second-order valence-electron chi connectivity index (χ2n) is 2.99. The zero-order valence-electron chi connectivity index (χ0n) is 10.1. The molecule has 0 aliphatic carbocycles. The molecule has 0 aromatic rings. The van der Waals surface area contributed by atoms with Crippen LogP contribution in [0.2, 0.25) is 0 Å². The van der Waals surface area contributed by atoms with E-state index in [1.54, 1.807) is 13.8 Å². The third-order valence-electron chi connectivity index (χ3n) is 1.57. The summed E-state index contributed by atoms with van der Waals surface area (Å²) in [5.74, 6) is -0.828. The van der Waals surface area contributed by atoms with Crippen molar-refractivity contribution in [1.82, 2.24) is 0 Å². The lowest BCUT2D eigenvalue weighted by Crippen LogP contribution is -2.16. The summed E-state index contributed by atoms with van der Waals surface area (Å²) >= 11 is 0. The summed E-state index contributed by atoms with van der Waals surface area (Å²) < 4.78 is 9.61. The molecule has 5 heteroatoms. The second-order valence-corrected chi connectivity index (χ2v) is 5.06. The van der Waals surface area contributed by atoms with Crippen LogP contribution in [0, 0.1) is 0 Å². The number of hydrogen-bond acceptors (Lipinski definition) is 4. The molecule has 0 saturated carbocycles. The van der Waals surface area contributed by atoms with Crippen LogP contribution >= 0.6 is 10.5 Å². The van der Waals surface area contributed by atoms with Gasteiger partial charge in [0.2, 0.25) is 0 Å². The lowest BCUT2D eigenvalue weighted by molar-refractivity contribution is -0.137. The monoisotopic (exact) mass is 246 g/mol. The van der Waals surface area contributed by atoms with Crippen LogP contribution in [0.5, 0.6) is 0 Å². The van der Waals surface area contributed by atoms with Crippen LogP contribution in [0.4, 0.5) is 0 Å². The Hall–Kier alpha value is -1.10. The fourth-order valence-corrected chi connectivity index (χ4v) is 1.64. The van der Waals surface area contributed by atoms with Crippen LogP contribution in [0.1, 0.15) is 13.8 Å². The maximum atomic E-state index is 11.5. The summed E-state index contributed by atoms with van der Waals surface area (Å²) in [6.07, 6.45) is 6.51. The molecule has 0 bridgehead atoms. The van der Waals surface area contributed by atoms with Crippen molar-refractivity contribution in [2.45, 2.75) is 13.8 Å². The summed E-state index contributed by atoms with van der Waals surface area (Å²) in [7, 11) is -0.258. The zero-order valence-corrected chi connectivity index (χ0v) is 10.9. The molecular weight excluding hydrogens is 228 g/mol. The molecule has 0 aromatic heterocycles. The van der Waals surface area contributed by atoms with Crippen molar-refractivity contribution in [1.29, 1.82) is 0 Å². The number of hydrogen-bond donors (Lipinski definition) is 0. The van der Waals surface area contributed by atoms with Crippen molar-refractivity contribution in [3.05, 3.63) is 12.2 Å². The topological polar surface area (TPSA) is 52.6 Å². The normalized spacial score (nSPS) is 10.6. The summed E-state index contributed by atoms with van der Waals surface area (Å²) in [6, 6.07) is 0. The second kappa shape index (κ2) is 8.10. The van der Waals surface area contributed by atoms with Crippen molar-refractivity contribution in [2.24, 2.45) is 0 Å². The molecule has 0 heterocycles. The fourth-order valence-electron chi connectivity index (χ4n) is 0.907. The zero-order chi connectivity index (χ0) is 12.6. The predicted octanol–water partition coefficient (Wildman–Crippen LogP) is 1.37. The number of ether oxygens (including phenoxy) is 2. The summed E-state index contributed by atoms with van der Waals surface area (Å²) in [5, 5.41) is 0. The molecule has 4 nitrogen and oxygen atoms in total. The maximum absolute atomic E-state index is 11.5. The minimum absolute atomic E-state index is 0.258. The van der Waals surface area contributed by atoms with Gasteiger partial charge in [-0.1, -0.05) is 0 Å². The third kappa shape index (κ3) is 5.70. The van der Waals surface area contributed by atoms with E-state index in [0.717, 1.165) is 0 Å². The first-order valence-electron chi connectivity index (χ1n) is 4.99. The summed E-state index contributed by atoms with van der Waals surface area (Å²) in [5.41, 5.74) is 0. The Morgan fingerprint density at radius 1 is 1.06 bits per heavy atom. The molecule has 0 aliphatic heterocycles. The van der Waals surface area contributed by atoms with E-state index in [-0.39, 0.29) is 16.5 Å². The van der Waals surface area contributed by atoms with Crippen LogP contribution in [-0.4, -0.2) is 42.5 Å². The van der Waals surface area contributed by atoms with E-state index in [2.05, 4.69) is 0 Å². The Morgan fingerprint density at radius 3 is 2.06 bits per heavy atom. The van der Waals surface area contributed by atoms with Gasteiger partial charge < -0.3 is 9.47 Å². The Bertz CT molecular complexity index is 314. The highest BCUT2D eigenvalue weighted by Gasteiger charge is 2.09. The van der Waals surface area contributed by atoms with E-state index in [9.17, 15) is 9.59 Å². The van der Waals surface area contributed by atoms with E-state index in [0.29, 0.717) is 18.1 Å². The lowest BCUT2D eigenvalue weighted by Gasteiger charge is -2.04. The van der Waals surface area contributed by atoms with Gasteiger partial charge in [-0.05, 0) is 32.4 Å². The van der Waals surface area contributed by atoms with Gasteiger partial charge in [0, 0.05) is 6.08 Å². The average Bonchev–Trinajstić information content (AvgIpc) is 2.18. The molecule has 0 atom stereocenters. The molecular formula is C11H18O4S. The van der Waals surface area contributed by atoms with Crippen LogP contribution < -0.4 is 0 Å². The number of carbonyl (C=O) groups excluding carboxylic acids is 2. The minimum atomic E-state index is -0.449. The largest absolute Gasteiger partial charge is 0.463 e. The van der Waals surface area contributed by atoms with Gasteiger partial charge in [0.25, 0.3) is 0 Å². The molecule has 92 valence electrons. The average molecular weight is 246 g/mol. The van der Waals surface area contributed by atoms with Crippen LogP contribution in [-0.2, 0) is 19.1 Å². The molecule has 0 rings (SSSR count). The van der Waals surface area contributed by atoms with Crippen LogP contribution in [0.3, 0.4) is 0 Å². The fraction of sp³-hybridized carbons (Fsp3) is 0.545.